The van der Waals surface area contributed by atoms with Gasteiger partial charge in [-0.25, -0.2) is 0 Å². The first kappa shape index (κ1) is 11.0. The molecule has 0 radical (unpaired) electrons. The van der Waals surface area contributed by atoms with Gasteiger partial charge < -0.3 is 11.5 Å². The van der Waals surface area contributed by atoms with Crippen LogP contribution in [0, 0.1) is 0 Å². The third-order valence-corrected chi connectivity index (χ3v) is 2.81. The second-order valence-electron chi connectivity index (χ2n) is 3.95. The van der Waals surface area contributed by atoms with Crippen LogP contribution in [0.15, 0.2) is 0 Å². The van der Waals surface area contributed by atoms with Crippen molar-refractivity contribution in [2.75, 3.05) is 19.6 Å². The zero-order valence-corrected chi connectivity index (χ0v) is 8.54. The third-order valence-electron chi connectivity index (χ3n) is 2.81. The van der Waals surface area contributed by atoms with Crippen LogP contribution in [0.5, 0.6) is 0 Å². The molecule has 0 amide bonds. The minimum absolute atomic E-state index is 0.284. The molecule has 4 N–H and O–H groups in total. The van der Waals surface area contributed by atoms with Gasteiger partial charge in [-0.05, 0) is 51.7 Å². The highest BCUT2D eigenvalue weighted by Crippen LogP contribution is 2.12. The van der Waals surface area contributed by atoms with Crippen LogP contribution in [0.1, 0.15) is 38.5 Å². The Morgan fingerprint density at radius 1 is 1.08 bits per heavy atom. The first-order valence-electron chi connectivity index (χ1n) is 5.54. The summed E-state index contributed by atoms with van der Waals surface area (Å²) in [6.45, 7) is 3.19. The molecule has 1 rings (SSSR count). The van der Waals surface area contributed by atoms with E-state index in [9.17, 15) is 0 Å². The number of rotatable bonds is 5. The number of nitrogens with zero attached hydrogens (tertiary/aromatic N) is 1. The first-order chi connectivity index (χ1) is 6.34. The Hall–Kier alpha value is -0.120. The van der Waals surface area contributed by atoms with Gasteiger partial charge in [-0.1, -0.05) is 6.42 Å². The van der Waals surface area contributed by atoms with E-state index >= 15 is 0 Å². The molecule has 1 fully saturated rings. The largest absolute Gasteiger partial charge is 0.330 e. The van der Waals surface area contributed by atoms with E-state index in [2.05, 4.69) is 4.90 Å². The fourth-order valence-electron chi connectivity index (χ4n) is 1.93. The van der Waals surface area contributed by atoms with Gasteiger partial charge >= 0.3 is 0 Å². The Balaban J connectivity index is 2.09. The van der Waals surface area contributed by atoms with Crippen molar-refractivity contribution in [1.82, 2.24) is 4.90 Å². The van der Waals surface area contributed by atoms with E-state index in [1.54, 1.807) is 0 Å². The predicted octanol–water partition coefficient (Wildman–Crippen LogP) is 0.886. The highest BCUT2D eigenvalue weighted by Gasteiger charge is 2.15. The van der Waals surface area contributed by atoms with Crippen molar-refractivity contribution in [3.05, 3.63) is 0 Å². The normalized spacial score (nSPS) is 21.7. The molecular formula is C10H23N3. The fraction of sp³-hybridized carbons (Fsp3) is 1.00. The van der Waals surface area contributed by atoms with Crippen molar-refractivity contribution in [2.45, 2.75) is 44.7 Å². The average molecular weight is 185 g/mol. The molecule has 0 aliphatic carbocycles. The van der Waals surface area contributed by atoms with Crippen LogP contribution in [0.25, 0.3) is 0 Å². The molecule has 1 heterocycles. The Labute approximate surface area is 81.5 Å². The number of hydrogen-bond donors (Lipinski definition) is 2. The lowest BCUT2D eigenvalue weighted by Gasteiger charge is -2.32. The topological polar surface area (TPSA) is 55.3 Å². The molecular weight excluding hydrogens is 162 g/mol. The van der Waals surface area contributed by atoms with E-state index < -0.39 is 0 Å². The van der Waals surface area contributed by atoms with Crippen LogP contribution in [0.2, 0.25) is 0 Å². The third kappa shape index (κ3) is 4.07. The second-order valence-corrected chi connectivity index (χ2v) is 3.95. The highest BCUT2D eigenvalue weighted by molar-refractivity contribution is 4.70. The van der Waals surface area contributed by atoms with Gasteiger partial charge in [0.25, 0.3) is 0 Å². The first-order valence-corrected chi connectivity index (χ1v) is 5.54. The van der Waals surface area contributed by atoms with Crippen molar-refractivity contribution in [2.24, 2.45) is 11.5 Å². The Bertz CT molecular complexity index is 121. The average Bonchev–Trinajstić information content (AvgIpc) is 2.19. The van der Waals surface area contributed by atoms with Gasteiger partial charge in [-0.15, -0.1) is 0 Å². The monoisotopic (exact) mass is 185 g/mol. The van der Waals surface area contributed by atoms with E-state index in [0.29, 0.717) is 0 Å². The lowest BCUT2D eigenvalue weighted by atomic mass is 10.1. The summed E-state index contributed by atoms with van der Waals surface area (Å²) < 4.78 is 0. The summed E-state index contributed by atoms with van der Waals surface area (Å²) in [5, 5.41) is 0. The second kappa shape index (κ2) is 6.35. The molecule has 0 spiro atoms. The zero-order valence-electron chi connectivity index (χ0n) is 8.54. The van der Waals surface area contributed by atoms with Crippen molar-refractivity contribution in [3.63, 3.8) is 0 Å². The van der Waals surface area contributed by atoms with E-state index in [-0.39, 0.29) is 6.17 Å². The maximum atomic E-state index is 6.07. The molecule has 0 saturated carbocycles. The summed E-state index contributed by atoms with van der Waals surface area (Å²) in [7, 11) is 0. The number of piperidine rings is 1. The number of nitrogens with two attached hydrogens (primary N) is 2. The van der Waals surface area contributed by atoms with Crippen LogP contribution in [-0.4, -0.2) is 30.7 Å². The van der Waals surface area contributed by atoms with Gasteiger partial charge in [-0.3, -0.25) is 4.90 Å². The Morgan fingerprint density at radius 2 is 1.77 bits per heavy atom. The summed E-state index contributed by atoms with van der Waals surface area (Å²) in [6.07, 6.45) is 7.71. The molecule has 13 heavy (non-hydrogen) atoms. The summed E-state index contributed by atoms with van der Waals surface area (Å²) in [5.41, 5.74) is 11.5. The lowest BCUT2D eigenvalue weighted by Crippen LogP contribution is -2.44. The van der Waals surface area contributed by atoms with Gasteiger partial charge in [0.05, 0.1) is 6.17 Å². The quantitative estimate of drug-likeness (QED) is 0.625. The summed E-state index contributed by atoms with van der Waals surface area (Å²) in [5.74, 6) is 0. The molecule has 0 bridgehead atoms. The fourth-order valence-corrected chi connectivity index (χ4v) is 1.93. The van der Waals surface area contributed by atoms with Gasteiger partial charge in [0.15, 0.2) is 0 Å². The maximum Gasteiger partial charge on any atom is 0.0571 e. The Kier molecular flexibility index (Phi) is 5.35. The van der Waals surface area contributed by atoms with Gasteiger partial charge in [0, 0.05) is 0 Å². The molecule has 78 valence electrons. The molecule has 0 aromatic carbocycles. The van der Waals surface area contributed by atoms with Crippen LogP contribution in [0.4, 0.5) is 0 Å². The molecule has 1 saturated heterocycles. The van der Waals surface area contributed by atoms with Gasteiger partial charge in [0.2, 0.25) is 0 Å². The van der Waals surface area contributed by atoms with Crippen molar-refractivity contribution in [1.29, 1.82) is 0 Å². The molecule has 0 aromatic rings. The molecule has 1 aliphatic heterocycles. The van der Waals surface area contributed by atoms with Crippen molar-refractivity contribution < 1.29 is 0 Å². The number of unbranched alkanes of at least 4 members (excludes halogenated alkanes) is 1. The number of likely N-dealkylation sites (tertiary alicyclic amines) is 1. The smallest absolute Gasteiger partial charge is 0.0571 e. The number of hydrogen-bond acceptors (Lipinski definition) is 3. The van der Waals surface area contributed by atoms with Gasteiger partial charge in [-0.2, -0.15) is 0 Å². The van der Waals surface area contributed by atoms with Crippen LogP contribution in [-0.2, 0) is 0 Å². The summed E-state index contributed by atoms with van der Waals surface area (Å²) >= 11 is 0. The molecule has 1 unspecified atom stereocenters. The van der Waals surface area contributed by atoms with Crippen LogP contribution >= 0.6 is 0 Å². The summed E-state index contributed by atoms with van der Waals surface area (Å²) in [6, 6.07) is 0. The molecule has 1 atom stereocenters. The van der Waals surface area contributed by atoms with Crippen molar-refractivity contribution >= 4 is 0 Å². The van der Waals surface area contributed by atoms with Gasteiger partial charge in [0.1, 0.15) is 0 Å². The standard InChI is InChI=1S/C10H23N3/c11-7-3-2-6-10(12)13-8-4-1-5-9-13/h10H,1-9,11-12H2. The molecule has 0 aromatic heterocycles. The minimum Gasteiger partial charge on any atom is -0.330 e. The maximum absolute atomic E-state index is 6.07. The predicted molar refractivity (Wildman–Crippen MR) is 56.3 cm³/mol. The molecule has 3 heteroatoms. The molecule has 3 nitrogen and oxygen atoms in total. The van der Waals surface area contributed by atoms with E-state index in [4.69, 9.17) is 11.5 Å². The highest BCUT2D eigenvalue weighted by atomic mass is 15.2. The van der Waals surface area contributed by atoms with Crippen LogP contribution in [0.3, 0.4) is 0 Å². The Morgan fingerprint density at radius 3 is 2.38 bits per heavy atom. The minimum atomic E-state index is 0.284. The summed E-state index contributed by atoms with van der Waals surface area (Å²) in [4.78, 5) is 2.42. The van der Waals surface area contributed by atoms with Crippen molar-refractivity contribution in [3.8, 4) is 0 Å². The van der Waals surface area contributed by atoms with E-state index in [1.165, 1.54) is 38.8 Å². The zero-order chi connectivity index (χ0) is 9.52. The van der Waals surface area contributed by atoms with E-state index in [0.717, 1.165) is 19.4 Å². The van der Waals surface area contributed by atoms with Crippen LogP contribution < -0.4 is 11.5 Å². The SMILES string of the molecule is NCCCCC(N)N1CCCCC1. The molecule has 1 aliphatic rings. The lowest BCUT2D eigenvalue weighted by molar-refractivity contribution is 0.156. The van der Waals surface area contributed by atoms with E-state index in [1.807, 2.05) is 0 Å².